The average molecular weight is 320 g/mol. The molecular formula is C15H11F3N4O. The van der Waals surface area contributed by atoms with Crippen LogP contribution in [0.2, 0.25) is 0 Å². The summed E-state index contributed by atoms with van der Waals surface area (Å²) in [5, 5.41) is 8.24. The van der Waals surface area contributed by atoms with E-state index in [9.17, 15) is 13.2 Å². The largest absolute Gasteiger partial charge is 0.481 e. The van der Waals surface area contributed by atoms with Gasteiger partial charge in [-0.3, -0.25) is 0 Å². The molecule has 118 valence electrons. The molecule has 0 aliphatic carbocycles. The highest BCUT2D eigenvalue weighted by Gasteiger charge is 2.30. The molecule has 2 aromatic heterocycles. The van der Waals surface area contributed by atoms with Crippen molar-refractivity contribution in [2.75, 3.05) is 7.11 Å². The fourth-order valence-electron chi connectivity index (χ4n) is 1.99. The van der Waals surface area contributed by atoms with Crippen LogP contribution >= 0.6 is 0 Å². The summed E-state index contributed by atoms with van der Waals surface area (Å²) in [5.41, 5.74) is 0.527. The Morgan fingerprint density at radius 2 is 1.91 bits per heavy atom. The van der Waals surface area contributed by atoms with Crippen LogP contribution in [-0.2, 0) is 6.18 Å². The first-order valence-electron chi connectivity index (χ1n) is 6.58. The number of hydrogen-bond acceptors (Lipinski definition) is 4. The highest BCUT2D eigenvalue weighted by Crippen LogP contribution is 2.31. The summed E-state index contributed by atoms with van der Waals surface area (Å²) in [7, 11) is 1.50. The van der Waals surface area contributed by atoms with Crippen molar-refractivity contribution in [2.45, 2.75) is 6.18 Å². The van der Waals surface area contributed by atoms with Gasteiger partial charge in [0.25, 0.3) is 0 Å². The van der Waals surface area contributed by atoms with Crippen molar-refractivity contribution in [3.8, 4) is 22.8 Å². The first kappa shape index (κ1) is 15.0. The molecule has 0 aliphatic rings. The van der Waals surface area contributed by atoms with Gasteiger partial charge in [0.2, 0.25) is 5.88 Å². The summed E-state index contributed by atoms with van der Waals surface area (Å²) in [6.07, 6.45) is -1.49. The molecule has 0 fully saturated rings. The molecule has 1 aromatic carbocycles. The van der Waals surface area contributed by atoms with Gasteiger partial charge in [-0.1, -0.05) is 12.1 Å². The SMILES string of the molecule is COc1ccc(-n2ncc(-c3cccc(C(F)(F)F)c3)n2)cn1. The van der Waals surface area contributed by atoms with Gasteiger partial charge in [0.1, 0.15) is 11.4 Å². The molecule has 0 radical (unpaired) electrons. The number of benzene rings is 1. The van der Waals surface area contributed by atoms with Crippen molar-refractivity contribution in [2.24, 2.45) is 0 Å². The van der Waals surface area contributed by atoms with E-state index in [0.717, 1.165) is 12.1 Å². The number of alkyl halides is 3. The summed E-state index contributed by atoms with van der Waals surface area (Å²) in [6.45, 7) is 0. The Labute approximate surface area is 129 Å². The van der Waals surface area contributed by atoms with E-state index in [1.807, 2.05) is 0 Å². The highest BCUT2D eigenvalue weighted by molar-refractivity contribution is 5.59. The van der Waals surface area contributed by atoms with Gasteiger partial charge in [-0.2, -0.15) is 18.3 Å². The lowest BCUT2D eigenvalue weighted by atomic mass is 10.1. The van der Waals surface area contributed by atoms with E-state index < -0.39 is 11.7 Å². The van der Waals surface area contributed by atoms with Crippen molar-refractivity contribution in [1.29, 1.82) is 0 Å². The van der Waals surface area contributed by atoms with Crippen molar-refractivity contribution >= 4 is 0 Å². The Hall–Kier alpha value is -2.90. The topological polar surface area (TPSA) is 52.8 Å². The lowest BCUT2D eigenvalue weighted by Crippen LogP contribution is -2.04. The molecule has 5 nitrogen and oxygen atoms in total. The van der Waals surface area contributed by atoms with Gasteiger partial charge in [-0.25, -0.2) is 4.98 Å². The summed E-state index contributed by atoms with van der Waals surface area (Å²) >= 11 is 0. The second-order valence-electron chi connectivity index (χ2n) is 4.66. The first-order chi connectivity index (χ1) is 11.0. The zero-order chi connectivity index (χ0) is 16.4. The van der Waals surface area contributed by atoms with Crippen LogP contribution in [-0.4, -0.2) is 27.1 Å². The number of halogens is 3. The molecular weight excluding hydrogens is 309 g/mol. The molecule has 2 heterocycles. The predicted molar refractivity (Wildman–Crippen MR) is 76.1 cm³/mol. The number of methoxy groups -OCH3 is 1. The van der Waals surface area contributed by atoms with Crippen LogP contribution in [0, 0.1) is 0 Å². The average Bonchev–Trinajstić information content (AvgIpc) is 3.04. The Balaban J connectivity index is 1.92. The van der Waals surface area contributed by atoms with Crippen molar-refractivity contribution in [3.05, 3.63) is 54.4 Å². The van der Waals surface area contributed by atoms with Crippen LogP contribution in [0.4, 0.5) is 13.2 Å². The number of pyridine rings is 1. The lowest BCUT2D eigenvalue weighted by Gasteiger charge is -2.07. The molecule has 0 saturated carbocycles. The molecule has 0 unspecified atom stereocenters. The number of rotatable bonds is 3. The van der Waals surface area contributed by atoms with Gasteiger partial charge in [0.15, 0.2) is 0 Å². The third kappa shape index (κ3) is 3.15. The van der Waals surface area contributed by atoms with Crippen molar-refractivity contribution < 1.29 is 17.9 Å². The molecule has 3 rings (SSSR count). The van der Waals surface area contributed by atoms with Crippen LogP contribution in [0.15, 0.2) is 48.8 Å². The third-order valence-electron chi connectivity index (χ3n) is 3.14. The van der Waals surface area contributed by atoms with Crippen LogP contribution in [0.25, 0.3) is 16.9 Å². The fourth-order valence-corrected chi connectivity index (χ4v) is 1.99. The zero-order valence-corrected chi connectivity index (χ0v) is 11.9. The van der Waals surface area contributed by atoms with E-state index >= 15 is 0 Å². The maximum atomic E-state index is 12.8. The second kappa shape index (κ2) is 5.71. The molecule has 0 saturated heterocycles. The molecule has 8 heteroatoms. The zero-order valence-electron chi connectivity index (χ0n) is 11.9. The number of nitrogens with zero attached hydrogens (tertiary/aromatic N) is 4. The van der Waals surface area contributed by atoms with Gasteiger partial charge >= 0.3 is 6.18 Å². The van der Waals surface area contributed by atoms with Crippen LogP contribution in [0.5, 0.6) is 5.88 Å². The van der Waals surface area contributed by atoms with Gasteiger partial charge in [-0.15, -0.1) is 9.90 Å². The molecule has 0 N–H and O–H groups in total. The fraction of sp³-hybridized carbons (Fsp3) is 0.133. The minimum Gasteiger partial charge on any atom is -0.481 e. The minimum atomic E-state index is -4.40. The number of aromatic nitrogens is 4. The van der Waals surface area contributed by atoms with E-state index in [2.05, 4.69) is 15.2 Å². The summed E-state index contributed by atoms with van der Waals surface area (Å²) in [6, 6.07) is 8.29. The number of hydrogen-bond donors (Lipinski definition) is 0. The highest BCUT2D eigenvalue weighted by atomic mass is 19.4. The molecule has 3 aromatic rings. The van der Waals surface area contributed by atoms with Crippen LogP contribution in [0.1, 0.15) is 5.56 Å². The second-order valence-corrected chi connectivity index (χ2v) is 4.66. The van der Waals surface area contributed by atoms with Crippen molar-refractivity contribution in [3.63, 3.8) is 0 Å². The Bertz CT molecular complexity index is 812. The van der Waals surface area contributed by atoms with Crippen molar-refractivity contribution in [1.82, 2.24) is 20.0 Å². The standard InChI is InChI=1S/C15H11F3N4O/c1-23-14-6-5-12(8-19-14)22-20-9-13(21-22)10-3-2-4-11(7-10)15(16,17)18/h2-9H,1H3. The van der Waals surface area contributed by atoms with Gasteiger partial charge in [0, 0.05) is 11.6 Å². The molecule has 0 amide bonds. The van der Waals surface area contributed by atoms with E-state index in [1.54, 1.807) is 18.2 Å². The van der Waals surface area contributed by atoms with E-state index in [4.69, 9.17) is 4.74 Å². The molecule has 0 bridgehead atoms. The molecule has 0 aliphatic heterocycles. The van der Waals surface area contributed by atoms with Gasteiger partial charge < -0.3 is 4.74 Å². The Kier molecular flexibility index (Phi) is 3.73. The van der Waals surface area contributed by atoms with E-state index in [1.165, 1.54) is 30.4 Å². The smallest absolute Gasteiger partial charge is 0.416 e. The Morgan fingerprint density at radius 1 is 1.09 bits per heavy atom. The quantitative estimate of drug-likeness (QED) is 0.742. The van der Waals surface area contributed by atoms with Crippen LogP contribution < -0.4 is 4.74 Å². The van der Waals surface area contributed by atoms with Gasteiger partial charge in [0.05, 0.1) is 25.1 Å². The lowest BCUT2D eigenvalue weighted by molar-refractivity contribution is -0.137. The van der Waals surface area contributed by atoms with E-state index in [-0.39, 0.29) is 0 Å². The monoisotopic (exact) mass is 320 g/mol. The third-order valence-corrected chi connectivity index (χ3v) is 3.14. The minimum absolute atomic E-state index is 0.340. The van der Waals surface area contributed by atoms with Gasteiger partial charge in [-0.05, 0) is 18.2 Å². The maximum absolute atomic E-state index is 12.8. The normalized spacial score (nSPS) is 11.5. The van der Waals surface area contributed by atoms with E-state index in [0.29, 0.717) is 22.8 Å². The molecule has 0 spiro atoms. The first-order valence-corrected chi connectivity index (χ1v) is 6.58. The summed E-state index contributed by atoms with van der Waals surface area (Å²) in [5.74, 6) is 0.444. The Morgan fingerprint density at radius 3 is 2.57 bits per heavy atom. The maximum Gasteiger partial charge on any atom is 0.416 e. The summed E-state index contributed by atoms with van der Waals surface area (Å²) < 4.78 is 43.2. The predicted octanol–water partition coefficient (Wildman–Crippen LogP) is 3.36. The summed E-state index contributed by atoms with van der Waals surface area (Å²) in [4.78, 5) is 5.32. The molecule has 0 atom stereocenters. The van der Waals surface area contributed by atoms with Crippen LogP contribution in [0.3, 0.4) is 0 Å². The number of ether oxygens (including phenoxy) is 1. The molecule has 23 heavy (non-hydrogen) atoms.